The molecule has 0 spiro atoms. The fraction of sp³-hybridized carbons (Fsp3) is 0.364. The number of benzene rings is 1. The number of hydrogen-bond donors (Lipinski definition) is 1. The highest BCUT2D eigenvalue weighted by atomic mass is 16.5. The Morgan fingerprint density at radius 2 is 2.00 bits per heavy atom. The standard InChI is InChI=1S/C11H15N2O3/c1-15-10-4-3-9(7-11(10)16-2)5-6-13(12)8-14/h3-4,7H,5-6,12H2,1-2H3. The summed E-state index contributed by atoms with van der Waals surface area (Å²) in [7, 11) is 3.16. The molecular weight excluding hydrogens is 208 g/mol. The Balaban J connectivity index is 2.71. The van der Waals surface area contributed by atoms with Gasteiger partial charge in [-0.2, -0.15) is 0 Å². The minimum absolute atomic E-state index is 0.416. The van der Waals surface area contributed by atoms with Gasteiger partial charge >= 0.3 is 6.41 Å². The average Bonchev–Trinajstić information content (AvgIpc) is 2.35. The van der Waals surface area contributed by atoms with Gasteiger partial charge in [0.15, 0.2) is 11.5 Å². The lowest BCUT2D eigenvalue weighted by molar-refractivity contribution is 0.354. The number of rotatable bonds is 6. The van der Waals surface area contributed by atoms with Crippen LogP contribution in [0.15, 0.2) is 18.2 Å². The minimum atomic E-state index is 0.416. The van der Waals surface area contributed by atoms with Crippen molar-refractivity contribution >= 4 is 6.41 Å². The Hall–Kier alpha value is -1.75. The van der Waals surface area contributed by atoms with Gasteiger partial charge in [-0.05, 0) is 24.1 Å². The molecule has 5 heteroatoms. The maximum absolute atomic E-state index is 10.2. The third-order valence-electron chi connectivity index (χ3n) is 2.21. The molecule has 1 aromatic rings. The van der Waals surface area contributed by atoms with Crippen molar-refractivity contribution in [3.8, 4) is 11.5 Å². The molecule has 0 saturated heterocycles. The number of nitrogens with two attached hydrogens (primary N) is 1. The molecule has 1 radical (unpaired) electrons. The summed E-state index contributed by atoms with van der Waals surface area (Å²) >= 11 is 0. The van der Waals surface area contributed by atoms with E-state index in [1.165, 1.54) is 0 Å². The van der Waals surface area contributed by atoms with Crippen LogP contribution in [0.3, 0.4) is 0 Å². The third-order valence-corrected chi connectivity index (χ3v) is 2.21. The third kappa shape index (κ3) is 3.13. The smallest absolute Gasteiger partial charge is 0.327 e. The molecule has 0 aliphatic rings. The highest BCUT2D eigenvalue weighted by Crippen LogP contribution is 2.27. The lowest BCUT2D eigenvalue weighted by Crippen LogP contribution is -2.31. The van der Waals surface area contributed by atoms with Crippen molar-refractivity contribution in [2.75, 3.05) is 20.8 Å². The number of methoxy groups -OCH3 is 2. The fourth-order valence-electron chi connectivity index (χ4n) is 1.33. The van der Waals surface area contributed by atoms with Crippen molar-refractivity contribution < 1.29 is 14.3 Å². The molecule has 0 aromatic heterocycles. The summed E-state index contributed by atoms with van der Waals surface area (Å²) in [6.07, 6.45) is 2.24. The van der Waals surface area contributed by atoms with Gasteiger partial charge < -0.3 is 9.47 Å². The maximum atomic E-state index is 10.2. The average molecular weight is 223 g/mol. The molecule has 0 saturated carbocycles. The van der Waals surface area contributed by atoms with Crippen LogP contribution in [0.5, 0.6) is 11.5 Å². The van der Waals surface area contributed by atoms with E-state index in [-0.39, 0.29) is 0 Å². The van der Waals surface area contributed by atoms with Crippen LogP contribution in [0.2, 0.25) is 0 Å². The van der Waals surface area contributed by atoms with Crippen LogP contribution in [0.1, 0.15) is 5.56 Å². The van der Waals surface area contributed by atoms with E-state index in [0.717, 1.165) is 10.6 Å². The van der Waals surface area contributed by atoms with E-state index in [9.17, 15) is 4.79 Å². The lowest BCUT2D eigenvalue weighted by atomic mass is 10.1. The molecule has 0 bridgehead atoms. The second-order valence-electron chi connectivity index (χ2n) is 3.22. The van der Waals surface area contributed by atoms with Gasteiger partial charge in [0.25, 0.3) is 0 Å². The number of nitrogens with zero attached hydrogens (tertiary/aromatic N) is 1. The molecule has 1 aromatic carbocycles. The zero-order chi connectivity index (χ0) is 12.0. The Morgan fingerprint density at radius 3 is 2.56 bits per heavy atom. The van der Waals surface area contributed by atoms with Crippen LogP contribution in [0.4, 0.5) is 0 Å². The van der Waals surface area contributed by atoms with Crippen LogP contribution in [0, 0.1) is 0 Å². The van der Waals surface area contributed by atoms with Gasteiger partial charge in [-0.15, -0.1) is 0 Å². The predicted octanol–water partition coefficient (Wildman–Crippen LogP) is 0.489. The molecular formula is C11H15N2O3. The van der Waals surface area contributed by atoms with Crippen LogP contribution in [0.25, 0.3) is 0 Å². The number of amides is 1. The molecule has 1 amide bonds. The van der Waals surface area contributed by atoms with Crippen molar-refractivity contribution in [3.05, 3.63) is 23.8 Å². The normalized spacial score (nSPS) is 9.69. The second-order valence-corrected chi connectivity index (χ2v) is 3.22. The quantitative estimate of drug-likeness (QED) is 0.330. The summed E-state index contributed by atoms with van der Waals surface area (Å²) in [4.78, 5) is 10.2. The molecule has 0 aliphatic carbocycles. The van der Waals surface area contributed by atoms with E-state index in [2.05, 4.69) is 0 Å². The van der Waals surface area contributed by atoms with Crippen molar-refractivity contribution in [2.24, 2.45) is 5.84 Å². The number of carbonyl (C=O) groups excluding carboxylic acids is 1. The topological polar surface area (TPSA) is 64.8 Å². The Morgan fingerprint density at radius 1 is 1.31 bits per heavy atom. The SMILES string of the molecule is COc1ccc(CCN(N)[C]=O)cc1OC. The summed E-state index contributed by atoms with van der Waals surface area (Å²) < 4.78 is 10.3. The van der Waals surface area contributed by atoms with Gasteiger partial charge in [-0.25, -0.2) is 5.84 Å². The zero-order valence-corrected chi connectivity index (χ0v) is 9.40. The van der Waals surface area contributed by atoms with Crippen LogP contribution in [-0.4, -0.2) is 32.2 Å². The Labute approximate surface area is 94.7 Å². The molecule has 0 aliphatic heterocycles. The zero-order valence-electron chi connectivity index (χ0n) is 9.40. The number of ether oxygens (including phenoxy) is 2. The van der Waals surface area contributed by atoms with E-state index >= 15 is 0 Å². The highest BCUT2D eigenvalue weighted by Gasteiger charge is 2.05. The van der Waals surface area contributed by atoms with Gasteiger partial charge in [-0.3, -0.25) is 9.80 Å². The molecule has 87 valence electrons. The first kappa shape index (κ1) is 12.3. The molecule has 2 N–H and O–H groups in total. The summed E-state index contributed by atoms with van der Waals surface area (Å²) in [5, 5.41) is 0.983. The monoisotopic (exact) mass is 223 g/mol. The van der Waals surface area contributed by atoms with Gasteiger partial charge in [0.1, 0.15) is 0 Å². The second kappa shape index (κ2) is 5.97. The summed E-state index contributed by atoms with van der Waals surface area (Å²) in [6.45, 7) is 0.416. The molecule has 5 nitrogen and oxygen atoms in total. The van der Waals surface area contributed by atoms with Gasteiger partial charge in [-0.1, -0.05) is 6.07 Å². The largest absolute Gasteiger partial charge is 0.493 e. The minimum Gasteiger partial charge on any atom is -0.493 e. The van der Waals surface area contributed by atoms with E-state index in [4.69, 9.17) is 15.3 Å². The number of hydrogen-bond acceptors (Lipinski definition) is 4. The first-order chi connectivity index (χ1) is 7.71. The molecule has 0 heterocycles. The molecule has 0 atom stereocenters. The first-order valence-corrected chi connectivity index (χ1v) is 4.82. The van der Waals surface area contributed by atoms with E-state index in [1.54, 1.807) is 20.6 Å². The van der Waals surface area contributed by atoms with Gasteiger partial charge in [0, 0.05) is 6.54 Å². The molecule has 0 unspecified atom stereocenters. The van der Waals surface area contributed by atoms with Crippen molar-refractivity contribution in [2.45, 2.75) is 6.42 Å². The highest BCUT2D eigenvalue weighted by molar-refractivity contribution is 5.47. The number of hydrazine groups is 1. The van der Waals surface area contributed by atoms with Gasteiger partial charge in [0.2, 0.25) is 0 Å². The first-order valence-electron chi connectivity index (χ1n) is 4.82. The van der Waals surface area contributed by atoms with E-state index in [1.807, 2.05) is 18.2 Å². The Bertz CT molecular complexity index is 355. The van der Waals surface area contributed by atoms with E-state index in [0.29, 0.717) is 24.5 Å². The van der Waals surface area contributed by atoms with Crippen LogP contribution >= 0.6 is 0 Å². The van der Waals surface area contributed by atoms with Crippen molar-refractivity contribution in [3.63, 3.8) is 0 Å². The van der Waals surface area contributed by atoms with Crippen molar-refractivity contribution in [1.82, 2.24) is 5.01 Å². The van der Waals surface area contributed by atoms with Gasteiger partial charge in [0.05, 0.1) is 14.2 Å². The summed E-state index contributed by atoms with van der Waals surface area (Å²) in [6, 6.07) is 5.58. The van der Waals surface area contributed by atoms with Crippen LogP contribution < -0.4 is 15.3 Å². The maximum Gasteiger partial charge on any atom is 0.327 e. The predicted molar refractivity (Wildman–Crippen MR) is 59.8 cm³/mol. The molecule has 0 fully saturated rings. The summed E-state index contributed by atoms with van der Waals surface area (Å²) in [5.41, 5.74) is 1.02. The van der Waals surface area contributed by atoms with Crippen LogP contribution in [-0.2, 0) is 11.2 Å². The van der Waals surface area contributed by atoms with Crippen molar-refractivity contribution in [1.29, 1.82) is 0 Å². The molecule has 16 heavy (non-hydrogen) atoms. The summed E-state index contributed by atoms with van der Waals surface area (Å²) in [5.74, 6) is 6.65. The van der Waals surface area contributed by atoms with E-state index < -0.39 is 0 Å². The molecule has 1 rings (SSSR count). The Kier molecular flexibility index (Phi) is 4.60. The lowest BCUT2D eigenvalue weighted by Gasteiger charge is -2.11. The fourth-order valence-corrected chi connectivity index (χ4v) is 1.33.